The van der Waals surface area contributed by atoms with Crippen LogP contribution in [0.3, 0.4) is 0 Å². The molecule has 1 N–H and O–H groups in total. The molecular formula is C13H22ClN3. The van der Waals surface area contributed by atoms with Gasteiger partial charge in [-0.15, -0.1) is 12.4 Å². The maximum Gasteiger partial charge on any atom is 0.0544 e. The van der Waals surface area contributed by atoms with Gasteiger partial charge in [-0.3, -0.25) is 9.88 Å². The Balaban J connectivity index is 0.00000144. The molecule has 1 aromatic heterocycles. The highest BCUT2D eigenvalue weighted by molar-refractivity contribution is 5.85. The summed E-state index contributed by atoms with van der Waals surface area (Å²) in [6, 6.07) is 4.93. The molecule has 1 aliphatic rings. The van der Waals surface area contributed by atoms with Gasteiger partial charge in [0.25, 0.3) is 0 Å². The van der Waals surface area contributed by atoms with Crippen LogP contribution in [0.15, 0.2) is 18.3 Å². The molecule has 1 fully saturated rings. The smallest absolute Gasteiger partial charge is 0.0544 e. The lowest BCUT2D eigenvalue weighted by Gasteiger charge is -2.32. The molecule has 0 radical (unpaired) electrons. The number of likely N-dealkylation sites (tertiary alicyclic amines) is 1. The fraction of sp³-hybridized carbons (Fsp3) is 0.615. The number of likely N-dealkylation sites (N-methyl/N-ethyl adjacent to an activating group) is 1. The number of halogens is 1. The van der Waals surface area contributed by atoms with Gasteiger partial charge in [-0.05, 0) is 45.0 Å². The summed E-state index contributed by atoms with van der Waals surface area (Å²) in [4.78, 5) is 6.95. The Morgan fingerprint density at radius 2 is 2.29 bits per heavy atom. The van der Waals surface area contributed by atoms with Gasteiger partial charge in [-0.2, -0.15) is 0 Å². The Morgan fingerprint density at radius 1 is 1.47 bits per heavy atom. The first kappa shape index (κ1) is 14.4. The van der Waals surface area contributed by atoms with Gasteiger partial charge < -0.3 is 5.32 Å². The van der Waals surface area contributed by atoms with Crippen molar-refractivity contribution >= 4 is 12.4 Å². The van der Waals surface area contributed by atoms with Gasteiger partial charge in [0.15, 0.2) is 0 Å². The summed E-state index contributed by atoms with van der Waals surface area (Å²) in [7, 11) is 2.05. The fourth-order valence-corrected chi connectivity index (χ4v) is 2.26. The number of aryl methyl sites for hydroxylation is 1. The van der Waals surface area contributed by atoms with Crippen LogP contribution in [0.4, 0.5) is 0 Å². The van der Waals surface area contributed by atoms with Gasteiger partial charge in [0, 0.05) is 25.3 Å². The SMILES string of the molecule is CNC1CCCN(Cc2ccc(C)cn2)C1.Cl. The van der Waals surface area contributed by atoms with E-state index in [0.29, 0.717) is 6.04 Å². The molecule has 0 saturated carbocycles. The summed E-state index contributed by atoms with van der Waals surface area (Å²) < 4.78 is 0. The quantitative estimate of drug-likeness (QED) is 0.896. The van der Waals surface area contributed by atoms with Crippen LogP contribution >= 0.6 is 12.4 Å². The molecule has 0 aromatic carbocycles. The van der Waals surface area contributed by atoms with Crippen LogP contribution in [0.2, 0.25) is 0 Å². The van der Waals surface area contributed by atoms with Crippen LogP contribution in [-0.4, -0.2) is 36.1 Å². The topological polar surface area (TPSA) is 28.2 Å². The minimum absolute atomic E-state index is 0. The predicted molar refractivity (Wildman–Crippen MR) is 73.6 cm³/mol. The lowest BCUT2D eigenvalue weighted by molar-refractivity contribution is 0.186. The number of nitrogens with zero attached hydrogens (tertiary/aromatic N) is 2. The van der Waals surface area contributed by atoms with Crippen molar-refractivity contribution in [2.24, 2.45) is 0 Å². The average Bonchev–Trinajstić information content (AvgIpc) is 2.32. The first-order valence-electron chi connectivity index (χ1n) is 6.09. The van der Waals surface area contributed by atoms with Crippen LogP contribution in [0.5, 0.6) is 0 Å². The number of piperidine rings is 1. The van der Waals surface area contributed by atoms with Gasteiger partial charge in [0.05, 0.1) is 5.69 Å². The second kappa shape index (κ2) is 6.94. The van der Waals surface area contributed by atoms with E-state index in [1.807, 2.05) is 6.20 Å². The van der Waals surface area contributed by atoms with Gasteiger partial charge in [0.2, 0.25) is 0 Å². The van der Waals surface area contributed by atoms with E-state index in [1.165, 1.54) is 30.6 Å². The van der Waals surface area contributed by atoms with E-state index in [2.05, 4.69) is 41.3 Å². The Hall–Kier alpha value is -0.640. The molecule has 1 aliphatic heterocycles. The number of hydrogen-bond donors (Lipinski definition) is 1. The van der Waals surface area contributed by atoms with Crippen molar-refractivity contribution in [1.29, 1.82) is 0 Å². The third-order valence-electron chi connectivity index (χ3n) is 3.27. The molecule has 1 saturated heterocycles. The van der Waals surface area contributed by atoms with E-state index in [4.69, 9.17) is 0 Å². The third-order valence-corrected chi connectivity index (χ3v) is 3.27. The van der Waals surface area contributed by atoms with Crippen LogP contribution in [0, 0.1) is 6.92 Å². The largest absolute Gasteiger partial charge is 0.316 e. The number of aromatic nitrogens is 1. The molecule has 0 bridgehead atoms. The molecule has 1 aromatic rings. The van der Waals surface area contributed by atoms with E-state index in [1.54, 1.807) is 0 Å². The Morgan fingerprint density at radius 3 is 2.94 bits per heavy atom. The number of nitrogens with one attached hydrogen (secondary N) is 1. The first-order valence-corrected chi connectivity index (χ1v) is 6.09. The molecule has 0 amide bonds. The highest BCUT2D eigenvalue weighted by Crippen LogP contribution is 2.12. The Labute approximate surface area is 110 Å². The molecular weight excluding hydrogens is 234 g/mol. The summed E-state index contributed by atoms with van der Waals surface area (Å²) in [5.74, 6) is 0. The first-order chi connectivity index (χ1) is 7.78. The summed E-state index contributed by atoms with van der Waals surface area (Å²) >= 11 is 0. The van der Waals surface area contributed by atoms with E-state index in [9.17, 15) is 0 Å². The number of hydrogen-bond acceptors (Lipinski definition) is 3. The molecule has 0 aliphatic carbocycles. The fourth-order valence-electron chi connectivity index (χ4n) is 2.26. The molecule has 1 unspecified atom stereocenters. The highest BCUT2D eigenvalue weighted by Gasteiger charge is 2.18. The zero-order valence-electron chi connectivity index (χ0n) is 10.6. The molecule has 3 nitrogen and oxygen atoms in total. The number of pyridine rings is 1. The summed E-state index contributed by atoms with van der Waals surface area (Å²) in [5, 5.41) is 3.37. The average molecular weight is 256 g/mol. The normalized spacial score (nSPS) is 20.9. The van der Waals surface area contributed by atoms with Crippen molar-refractivity contribution in [1.82, 2.24) is 15.2 Å². The van der Waals surface area contributed by atoms with Crippen LogP contribution in [0.1, 0.15) is 24.1 Å². The maximum atomic E-state index is 4.46. The summed E-state index contributed by atoms with van der Waals surface area (Å²) in [6.45, 7) is 5.41. The Bertz CT molecular complexity index is 326. The highest BCUT2D eigenvalue weighted by atomic mass is 35.5. The molecule has 17 heavy (non-hydrogen) atoms. The second-order valence-corrected chi connectivity index (χ2v) is 4.69. The minimum Gasteiger partial charge on any atom is -0.316 e. The zero-order valence-corrected chi connectivity index (χ0v) is 11.5. The summed E-state index contributed by atoms with van der Waals surface area (Å²) in [6.07, 6.45) is 4.54. The van der Waals surface area contributed by atoms with E-state index < -0.39 is 0 Å². The maximum absolute atomic E-state index is 4.46. The lowest BCUT2D eigenvalue weighted by Crippen LogP contribution is -2.43. The number of rotatable bonds is 3. The van der Waals surface area contributed by atoms with Gasteiger partial charge in [-0.1, -0.05) is 6.07 Å². The van der Waals surface area contributed by atoms with Crippen molar-refractivity contribution in [2.75, 3.05) is 20.1 Å². The second-order valence-electron chi connectivity index (χ2n) is 4.69. The van der Waals surface area contributed by atoms with Crippen molar-refractivity contribution < 1.29 is 0 Å². The lowest BCUT2D eigenvalue weighted by atomic mass is 10.1. The van der Waals surface area contributed by atoms with Crippen molar-refractivity contribution in [3.8, 4) is 0 Å². The molecule has 2 rings (SSSR count). The van der Waals surface area contributed by atoms with Gasteiger partial charge >= 0.3 is 0 Å². The van der Waals surface area contributed by atoms with E-state index >= 15 is 0 Å². The molecule has 4 heteroatoms. The predicted octanol–water partition coefficient (Wildman–Crippen LogP) is 2.00. The van der Waals surface area contributed by atoms with Crippen LogP contribution in [0.25, 0.3) is 0 Å². The molecule has 0 spiro atoms. The van der Waals surface area contributed by atoms with Crippen molar-refractivity contribution in [2.45, 2.75) is 32.4 Å². The Kier molecular flexibility index (Phi) is 5.89. The molecule has 96 valence electrons. The zero-order chi connectivity index (χ0) is 11.4. The molecule has 1 atom stereocenters. The summed E-state index contributed by atoms with van der Waals surface area (Å²) in [5.41, 5.74) is 2.41. The van der Waals surface area contributed by atoms with E-state index in [-0.39, 0.29) is 12.4 Å². The van der Waals surface area contributed by atoms with Gasteiger partial charge in [-0.25, -0.2) is 0 Å². The van der Waals surface area contributed by atoms with Crippen LogP contribution in [-0.2, 0) is 6.54 Å². The third kappa shape index (κ3) is 4.26. The van der Waals surface area contributed by atoms with Crippen LogP contribution < -0.4 is 5.32 Å². The van der Waals surface area contributed by atoms with E-state index in [0.717, 1.165) is 13.1 Å². The minimum atomic E-state index is 0. The van der Waals surface area contributed by atoms with Crippen molar-refractivity contribution in [3.63, 3.8) is 0 Å². The molecule has 2 heterocycles. The standard InChI is InChI=1S/C13H21N3.ClH/c1-11-5-6-13(15-8-11)10-16-7-3-4-12(9-16)14-2;/h5-6,8,12,14H,3-4,7,9-10H2,1-2H3;1H. The van der Waals surface area contributed by atoms with Crippen molar-refractivity contribution in [3.05, 3.63) is 29.6 Å². The monoisotopic (exact) mass is 255 g/mol. The van der Waals surface area contributed by atoms with Gasteiger partial charge in [0.1, 0.15) is 0 Å².